The molecule has 1 aliphatic carbocycles. The van der Waals surface area contributed by atoms with Crippen molar-refractivity contribution in [2.24, 2.45) is 5.92 Å². The molecule has 12 heavy (non-hydrogen) atoms. The third-order valence-electron chi connectivity index (χ3n) is 2.52. The Balaban J connectivity index is 2.35. The van der Waals surface area contributed by atoms with Crippen LogP contribution in [-0.2, 0) is 4.79 Å². The standard InChI is InChI=1S/C9H17NO2/c1-2-10-8-5-3-4-7(6-8)9(11)12/h7-8,10H,2-6H2,1H3,(H,11,12). The Labute approximate surface area is 73.2 Å². The molecule has 1 saturated carbocycles. The molecule has 70 valence electrons. The van der Waals surface area contributed by atoms with Gasteiger partial charge >= 0.3 is 5.97 Å². The van der Waals surface area contributed by atoms with E-state index in [0.29, 0.717) is 6.04 Å². The Hall–Kier alpha value is -0.570. The van der Waals surface area contributed by atoms with Crippen LogP contribution in [0.5, 0.6) is 0 Å². The number of aliphatic carboxylic acids is 1. The van der Waals surface area contributed by atoms with Gasteiger partial charge in [0.05, 0.1) is 5.92 Å². The SMILES string of the molecule is CCNC1CCCC(C(=O)O)C1. The molecule has 2 unspecified atom stereocenters. The minimum absolute atomic E-state index is 0.109. The second-order valence-corrected chi connectivity index (χ2v) is 3.46. The number of carboxylic acid groups (broad SMARTS) is 1. The Bertz CT molecular complexity index is 157. The van der Waals surface area contributed by atoms with Crippen molar-refractivity contribution in [3.63, 3.8) is 0 Å². The number of carboxylic acids is 1. The van der Waals surface area contributed by atoms with Gasteiger partial charge in [-0.1, -0.05) is 13.3 Å². The summed E-state index contributed by atoms with van der Waals surface area (Å²) in [6.07, 6.45) is 3.85. The van der Waals surface area contributed by atoms with Crippen molar-refractivity contribution in [1.82, 2.24) is 5.32 Å². The van der Waals surface area contributed by atoms with E-state index in [4.69, 9.17) is 5.11 Å². The summed E-state index contributed by atoms with van der Waals surface area (Å²) in [5.74, 6) is -0.736. The van der Waals surface area contributed by atoms with Crippen molar-refractivity contribution < 1.29 is 9.90 Å². The molecule has 1 rings (SSSR count). The van der Waals surface area contributed by atoms with Gasteiger partial charge in [-0.2, -0.15) is 0 Å². The van der Waals surface area contributed by atoms with Gasteiger partial charge in [-0.3, -0.25) is 4.79 Å². The summed E-state index contributed by atoms with van der Waals surface area (Å²) >= 11 is 0. The molecule has 0 aliphatic heterocycles. The van der Waals surface area contributed by atoms with Gasteiger partial charge in [0, 0.05) is 6.04 Å². The fraction of sp³-hybridized carbons (Fsp3) is 0.889. The number of hydrogen-bond donors (Lipinski definition) is 2. The topological polar surface area (TPSA) is 49.3 Å². The molecule has 0 saturated heterocycles. The smallest absolute Gasteiger partial charge is 0.306 e. The van der Waals surface area contributed by atoms with E-state index in [9.17, 15) is 4.79 Å². The molecular formula is C9H17NO2. The summed E-state index contributed by atoms with van der Waals surface area (Å²) in [5, 5.41) is 12.1. The highest BCUT2D eigenvalue weighted by Crippen LogP contribution is 2.24. The van der Waals surface area contributed by atoms with Crippen molar-refractivity contribution in [2.45, 2.75) is 38.6 Å². The van der Waals surface area contributed by atoms with E-state index < -0.39 is 5.97 Å². The summed E-state index contributed by atoms with van der Waals surface area (Å²) in [7, 11) is 0. The molecular weight excluding hydrogens is 154 g/mol. The fourth-order valence-corrected chi connectivity index (χ4v) is 1.89. The summed E-state index contributed by atoms with van der Waals surface area (Å²) in [6, 6.07) is 0.435. The van der Waals surface area contributed by atoms with Gasteiger partial charge in [-0.15, -0.1) is 0 Å². The lowest BCUT2D eigenvalue weighted by molar-refractivity contribution is -0.143. The minimum atomic E-state index is -0.627. The van der Waals surface area contributed by atoms with Crippen LogP contribution in [0.4, 0.5) is 0 Å². The van der Waals surface area contributed by atoms with Gasteiger partial charge < -0.3 is 10.4 Å². The molecule has 1 fully saturated rings. The van der Waals surface area contributed by atoms with E-state index in [0.717, 1.165) is 32.2 Å². The zero-order chi connectivity index (χ0) is 8.97. The minimum Gasteiger partial charge on any atom is -0.481 e. The highest BCUT2D eigenvalue weighted by molar-refractivity contribution is 5.70. The van der Waals surface area contributed by atoms with Crippen LogP contribution in [0.2, 0.25) is 0 Å². The first-order valence-corrected chi connectivity index (χ1v) is 4.70. The van der Waals surface area contributed by atoms with Crippen LogP contribution in [0.25, 0.3) is 0 Å². The van der Waals surface area contributed by atoms with Crippen LogP contribution < -0.4 is 5.32 Å². The van der Waals surface area contributed by atoms with Crippen molar-refractivity contribution >= 4 is 5.97 Å². The third-order valence-corrected chi connectivity index (χ3v) is 2.52. The molecule has 0 amide bonds. The zero-order valence-electron chi connectivity index (χ0n) is 7.55. The number of carbonyl (C=O) groups is 1. The Morgan fingerprint density at radius 2 is 2.33 bits per heavy atom. The first-order chi connectivity index (χ1) is 5.74. The van der Waals surface area contributed by atoms with E-state index >= 15 is 0 Å². The Morgan fingerprint density at radius 3 is 2.92 bits per heavy atom. The van der Waals surface area contributed by atoms with Crippen molar-refractivity contribution in [3.8, 4) is 0 Å². The maximum absolute atomic E-state index is 10.7. The third kappa shape index (κ3) is 2.48. The highest BCUT2D eigenvalue weighted by atomic mass is 16.4. The first kappa shape index (κ1) is 9.52. The molecule has 1 aliphatic rings. The van der Waals surface area contributed by atoms with Gasteiger partial charge in [0.25, 0.3) is 0 Å². The molecule has 3 heteroatoms. The molecule has 0 aromatic carbocycles. The van der Waals surface area contributed by atoms with E-state index in [-0.39, 0.29) is 5.92 Å². The predicted octanol–water partition coefficient (Wildman–Crippen LogP) is 1.24. The molecule has 0 heterocycles. The number of rotatable bonds is 3. The van der Waals surface area contributed by atoms with Gasteiger partial charge in [0.15, 0.2) is 0 Å². The van der Waals surface area contributed by atoms with Gasteiger partial charge in [0.1, 0.15) is 0 Å². The lowest BCUT2D eigenvalue weighted by Gasteiger charge is -2.26. The summed E-state index contributed by atoms with van der Waals surface area (Å²) in [5.41, 5.74) is 0. The number of nitrogens with one attached hydrogen (secondary N) is 1. The van der Waals surface area contributed by atoms with E-state index in [1.54, 1.807) is 0 Å². The van der Waals surface area contributed by atoms with E-state index in [1.165, 1.54) is 0 Å². The van der Waals surface area contributed by atoms with Crippen LogP contribution in [-0.4, -0.2) is 23.7 Å². The lowest BCUT2D eigenvalue weighted by Crippen LogP contribution is -2.36. The molecule has 0 radical (unpaired) electrons. The molecule has 2 atom stereocenters. The van der Waals surface area contributed by atoms with E-state index in [1.807, 2.05) is 0 Å². The zero-order valence-corrected chi connectivity index (χ0v) is 7.55. The maximum Gasteiger partial charge on any atom is 0.306 e. The van der Waals surface area contributed by atoms with Gasteiger partial charge in [-0.05, 0) is 25.8 Å². The first-order valence-electron chi connectivity index (χ1n) is 4.70. The summed E-state index contributed by atoms with van der Waals surface area (Å²) < 4.78 is 0. The van der Waals surface area contributed by atoms with Gasteiger partial charge in [-0.25, -0.2) is 0 Å². The lowest BCUT2D eigenvalue weighted by atomic mass is 9.86. The maximum atomic E-state index is 10.7. The predicted molar refractivity (Wildman–Crippen MR) is 47.1 cm³/mol. The van der Waals surface area contributed by atoms with Crippen LogP contribution in [0.3, 0.4) is 0 Å². The highest BCUT2D eigenvalue weighted by Gasteiger charge is 2.25. The Kier molecular flexibility index (Phi) is 3.53. The number of hydrogen-bond acceptors (Lipinski definition) is 2. The van der Waals surface area contributed by atoms with Crippen molar-refractivity contribution in [2.75, 3.05) is 6.54 Å². The largest absolute Gasteiger partial charge is 0.481 e. The van der Waals surface area contributed by atoms with Gasteiger partial charge in [0.2, 0.25) is 0 Å². The quantitative estimate of drug-likeness (QED) is 0.671. The normalized spacial score (nSPS) is 30.1. The van der Waals surface area contributed by atoms with Crippen LogP contribution in [0.1, 0.15) is 32.6 Å². The summed E-state index contributed by atoms with van der Waals surface area (Å²) in [4.78, 5) is 10.7. The van der Waals surface area contributed by atoms with Crippen molar-refractivity contribution in [3.05, 3.63) is 0 Å². The van der Waals surface area contributed by atoms with E-state index in [2.05, 4.69) is 12.2 Å². The molecule has 0 aromatic rings. The molecule has 3 nitrogen and oxygen atoms in total. The molecule has 0 spiro atoms. The van der Waals surface area contributed by atoms with Crippen LogP contribution >= 0.6 is 0 Å². The average molecular weight is 171 g/mol. The Morgan fingerprint density at radius 1 is 1.58 bits per heavy atom. The van der Waals surface area contributed by atoms with Crippen molar-refractivity contribution in [1.29, 1.82) is 0 Å². The fourth-order valence-electron chi connectivity index (χ4n) is 1.89. The second-order valence-electron chi connectivity index (χ2n) is 3.46. The monoisotopic (exact) mass is 171 g/mol. The molecule has 0 aromatic heterocycles. The molecule has 0 bridgehead atoms. The average Bonchev–Trinajstić information content (AvgIpc) is 2.05. The van der Waals surface area contributed by atoms with Crippen LogP contribution in [0.15, 0.2) is 0 Å². The van der Waals surface area contributed by atoms with Crippen LogP contribution in [0, 0.1) is 5.92 Å². The molecule has 2 N–H and O–H groups in total. The summed E-state index contributed by atoms with van der Waals surface area (Å²) in [6.45, 7) is 3.00. The second kappa shape index (κ2) is 4.45.